The lowest BCUT2D eigenvalue weighted by Gasteiger charge is -2.26. The molecule has 5 nitrogen and oxygen atoms in total. The zero-order valence-electron chi connectivity index (χ0n) is 12.2. The Kier molecular flexibility index (Phi) is 5.34. The monoisotopic (exact) mass is 307 g/mol. The topological polar surface area (TPSA) is 73.2 Å². The highest BCUT2D eigenvalue weighted by Gasteiger charge is 2.27. The van der Waals surface area contributed by atoms with E-state index in [0.29, 0.717) is 11.1 Å². The summed E-state index contributed by atoms with van der Waals surface area (Å²) in [6.07, 6.45) is 2.69. The second kappa shape index (κ2) is 7.03. The molecule has 21 heavy (non-hydrogen) atoms. The summed E-state index contributed by atoms with van der Waals surface area (Å²) in [6.45, 7) is 1.79. The molecule has 0 aromatic heterocycles. The van der Waals surface area contributed by atoms with Gasteiger partial charge < -0.3 is 5.32 Å². The van der Waals surface area contributed by atoms with Crippen LogP contribution in [-0.4, -0.2) is 38.9 Å². The summed E-state index contributed by atoms with van der Waals surface area (Å²) in [5.74, 6) is -0.114. The first-order valence-corrected chi connectivity index (χ1v) is 8.80. The molecule has 1 aromatic carbocycles. The van der Waals surface area contributed by atoms with Crippen molar-refractivity contribution in [1.82, 2.24) is 9.62 Å². The van der Waals surface area contributed by atoms with Crippen molar-refractivity contribution >= 4 is 10.0 Å². The van der Waals surface area contributed by atoms with Crippen molar-refractivity contribution in [2.24, 2.45) is 0 Å². The van der Waals surface area contributed by atoms with Crippen molar-refractivity contribution in [3.63, 3.8) is 0 Å². The number of nitrogens with zero attached hydrogens (tertiary/aromatic N) is 2. The molecule has 1 fully saturated rings. The molecule has 114 valence electrons. The Bertz CT molecular complexity index is 614. The highest BCUT2D eigenvalue weighted by atomic mass is 32.2. The minimum absolute atomic E-state index is 0.0410. The first kappa shape index (κ1) is 16.0. The van der Waals surface area contributed by atoms with Crippen LogP contribution >= 0.6 is 0 Å². The van der Waals surface area contributed by atoms with Gasteiger partial charge in [0.05, 0.1) is 17.4 Å². The zero-order chi connectivity index (χ0) is 15.3. The zero-order valence-corrected chi connectivity index (χ0v) is 13.1. The van der Waals surface area contributed by atoms with Crippen molar-refractivity contribution in [3.05, 3.63) is 35.4 Å². The molecule has 0 bridgehead atoms. The fourth-order valence-electron chi connectivity index (χ4n) is 2.65. The molecular weight excluding hydrogens is 286 g/mol. The van der Waals surface area contributed by atoms with Gasteiger partial charge in [0, 0.05) is 13.1 Å². The quantitative estimate of drug-likeness (QED) is 0.914. The summed E-state index contributed by atoms with van der Waals surface area (Å²) in [5, 5.41) is 12.4. The lowest BCUT2D eigenvalue weighted by Crippen LogP contribution is -2.38. The van der Waals surface area contributed by atoms with Crippen LogP contribution in [0, 0.1) is 11.3 Å². The van der Waals surface area contributed by atoms with Gasteiger partial charge in [-0.1, -0.05) is 18.2 Å². The van der Waals surface area contributed by atoms with E-state index in [9.17, 15) is 8.42 Å². The molecule has 0 radical (unpaired) electrons. The fourth-order valence-corrected chi connectivity index (χ4v) is 4.16. The van der Waals surface area contributed by atoms with E-state index in [1.807, 2.05) is 0 Å². The molecule has 2 rings (SSSR count). The van der Waals surface area contributed by atoms with Crippen molar-refractivity contribution in [2.75, 3.05) is 20.1 Å². The molecule has 1 saturated heterocycles. The van der Waals surface area contributed by atoms with Gasteiger partial charge in [-0.3, -0.25) is 0 Å². The lowest BCUT2D eigenvalue weighted by atomic mass is 10.1. The molecule has 6 heteroatoms. The van der Waals surface area contributed by atoms with Gasteiger partial charge in [-0.25, -0.2) is 12.7 Å². The van der Waals surface area contributed by atoms with E-state index in [0.717, 1.165) is 32.4 Å². The van der Waals surface area contributed by atoms with Crippen LogP contribution in [0.15, 0.2) is 24.3 Å². The highest BCUT2D eigenvalue weighted by Crippen LogP contribution is 2.19. The Balaban J connectivity index is 2.15. The van der Waals surface area contributed by atoms with Gasteiger partial charge in [-0.2, -0.15) is 5.26 Å². The Hall–Kier alpha value is -1.42. The van der Waals surface area contributed by atoms with Gasteiger partial charge >= 0.3 is 0 Å². The summed E-state index contributed by atoms with van der Waals surface area (Å²) >= 11 is 0. The van der Waals surface area contributed by atoms with Crippen LogP contribution in [0.5, 0.6) is 0 Å². The predicted octanol–water partition coefficient (Wildman–Crippen LogP) is 1.46. The molecule has 1 aliphatic heterocycles. The van der Waals surface area contributed by atoms with Gasteiger partial charge in [0.15, 0.2) is 0 Å². The summed E-state index contributed by atoms with van der Waals surface area (Å²) in [6, 6.07) is 8.97. The molecular formula is C15H21N3O2S. The van der Waals surface area contributed by atoms with Gasteiger partial charge in [-0.05, 0) is 44.0 Å². The van der Waals surface area contributed by atoms with Crippen molar-refractivity contribution in [1.29, 1.82) is 5.26 Å². The second-order valence-corrected chi connectivity index (χ2v) is 7.40. The molecule has 1 N–H and O–H groups in total. The Morgan fingerprint density at radius 3 is 2.86 bits per heavy atom. The predicted molar refractivity (Wildman–Crippen MR) is 82.1 cm³/mol. The molecule has 0 spiro atoms. The Morgan fingerprint density at radius 2 is 2.10 bits per heavy atom. The minimum Gasteiger partial charge on any atom is -0.317 e. The fraction of sp³-hybridized carbons (Fsp3) is 0.533. The van der Waals surface area contributed by atoms with Crippen molar-refractivity contribution < 1.29 is 8.42 Å². The van der Waals surface area contributed by atoms with Crippen molar-refractivity contribution in [2.45, 2.75) is 31.1 Å². The molecule has 0 aliphatic carbocycles. The van der Waals surface area contributed by atoms with E-state index in [2.05, 4.69) is 11.4 Å². The SMILES string of the molecule is CN(C1CCCNCC1)S(=O)(=O)Cc1ccccc1C#N. The third-order valence-corrected chi connectivity index (χ3v) is 5.83. The minimum atomic E-state index is -3.41. The number of benzene rings is 1. The van der Waals surface area contributed by atoms with Crippen LogP contribution < -0.4 is 5.32 Å². The van der Waals surface area contributed by atoms with Crippen LogP contribution in [0.3, 0.4) is 0 Å². The van der Waals surface area contributed by atoms with E-state index < -0.39 is 10.0 Å². The van der Waals surface area contributed by atoms with E-state index in [4.69, 9.17) is 5.26 Å². The normalized spacial score (nSPS) is 20.0. The van der Waals surface area contributed by atoms with Crippen LogP contribution in [0.25, 0.3) is 0 Å². The number of hydrogen-bond acceptors (Lipinski definition) is 4. The van der Waals surface area contributed by atoms with Crippen LogP contribution in [0.2, 0.25) is 0 Å². The number of nitrogens with one attached hydrogen (secondary N) is 1. The maximum atomic E-state index is 12.6. The maximum absolute atomic E-state index is 12.6. The van der Waals surface area contributed by atoms with E-state index in [1.165, 1.54) is 4.31 Å². The molecule has 1 atom stereocenters. The molecule has 1 aliphatic rings. The third kappa shape index (κ3) is 4.03. The number of sulfonamides is 1. The average Bonchev–Trinajstić information content (AvgIpc) is 2.75. The molecule has 0 amide bonds. The maximum Gasteiger partial charge on any atom is 0.218 e. The molecule has 1 heterocycles. The van der Waals surface area contributed by atoms with Crippen LogP contribution in [0.1, 0.15) is 30.4 Å². The van der Waals surface area contributed by atoms with Crippen LogP contribution in [-0.2, 0) is 15.8 Å². The van der Waals surface area contributed by atoms with Crippen LogP contribution in [0.4, 0.5) is 0 Å². The van der Waals surface area contributed by atoms with E-state index >= 15 is 0 Å². The largest absolute Gasteiger partial charge is 0.317 e. The third-order valence-electron chi connectivity index (χ3n) is 3.97. The van der Waals surface area contributed by atoms with Gasteiger partial charge in [-0.15, -0.1) is 0 Å². The molecule has 1 unspecified atom stereocenters. The standard InChI is InChI=1S/C15H21N3O2S/c1-18(15-7-4-9-17-10-8-15)21(19,20)12-14-6-3-2-5-13(14)11-16/h2-3,5-6,15,17H,4,7-10,12H2,1H3. The highest BCUT2D eigenvalue weighted by molar-refractivity contribution is 7.88. The summed E-state index contributed by atoms with van der Waals surface area (Å²) in [5.41, 5.74) is 0.996. The Labute approximate surface area is 126 Å². The molecule has 0 saturated carbocycles. The Morgan fingerprint density at radius 1 is 1.33 bits per heavy atom. The number of nitriles is 1. The first-order chi connectivity index (χ1) is 10.0. The van der Waals surface area contributed by atoms with Crippen molar-refractivity contribution in [3.8, 4) is 6.07 Å². The second-order valence-electron chi connectivity index (χ2n) is 5.38. The number of hydrogen-bond donors (Lipinski definition) is 1. The van der Waals surface area contributed by atoms with Gasteiger partial charge in [0.2, 0.25) is 10.0 Å². The summed E-state index contributed by atoms with van der Waals surface area (Å²) < 4.78 is 26.6. The van der Waals surface area contributed by atoms with Gasteiger partial charge in [0.25, 0.3) is 0 Å². The van der Waals surface area contributed by atoms with E-state index in [-0.39, 0.29) is 11.8 Å². The van der Waals surface area contributed by atoms with Gasteiger partial charge in [0.1, 0.15) is 0 Å². The summed E-state index contributed by atoms with van der Waals surface area (Å²) in [4.78, 5) is 0. The first-order valence-electron chi connectivity index (χ1n) is 7.19. The lowest BCUT2D eigenvalue weighted by molar-refractivity contribution is 0.341. The summed E-state index contributed by atoms with van der Waals surface area (Å²) in [7, 11) is -1.75. The number of rotatable bonds is 4. The smallest absolute Gasteiger partial charge is 0.218 e. The average molecular weight is 307 g/mol. The molecule has 1 aromatic rings. The van der Waals surface area contributed by atoms with E-state index in [1.54, 1.807) is 31.3 Å².